The van der Waals surface area contributed by atoms with Gasteiger partial charge in [-0.2, -0.15) is 0 Å². The van der Waals surface area contributed by atoms with Crippen LogP contribution in [0.25, 0.3) is 0 Å². The van der Waals surface area contributed by atoms with E-state index in [0.717, 1.165) is 10.9 Å². The first-order valence-corrected chi connectivity index (χ1v) is 6.99. The minimum Gasteiger partial charge on any atom is -0.376 e. The van der Waals surface area contributed by atoms with Crippen LogP contribution in [-0.2, 0) is 4.74 Å². The topological polar surface area (TPSA) is 38.3 Å². The molecule has 2 atom stereocenters. The van der Waals surface area contributed by atoms with Gasteiger partial charge in [-0.05, 0) is 54.4 Å². The maximum Gasteiger partial charge on any atom is 0.251 e. The fourth-order valence-electron chi connectivity index (χ4n) is 1.97. The number of nitrogens with one attached hydrogen (secondary N) is 1. The van der Waals surface area contributed by atoms with Gasteiger partial charge in [0.15, 0.2) is 0 Å². The lowest BCUT2D eigenvalue weighted by Gasteiger charge is -2.28. The van der Waals surface area contributed by atoms with Gasteiger partial charge in [-0.3, -0.25) is 4.79 Å². The Morgan fingerprint density at radius 3 is 2.89 bits per heavy atom. The molecule has 1 heterocycles. The van der Waals surface area contributed by atoms with Gasteiger partial charge in [0.25, 0.3) is 5.91 Å². The van der Waals surface area contributed by atoms with Gasteiger partial charge in [0, 0.05) is 16.6 Å². The second-order valence-electron chi connectivity index (χ2n) is 4.76. The molecule has 0 aliphatic carbocycles. The number of hydrogen-bond donors (Lipinski definition) is 1. The van der Waals surface area contributed by atoms with Crippen LogP contribution >= 0.6 is 27.5 Å². The molecule has 0 spiro atoms. The highest BCUT2D eigenvalue weighted by Crippen LogP contribution is 2.27. The molecule has 1 fully saturated rings. The minimum absolute atomic E-state index is 0.0207. The van der Waals surface area contributed by atoms with Crippen molar-refractivity contribution in [1.82, 2.24) is 5.32 Å². The standard InChI is InChI=1S/C13H15BrClNO2/c1-8-13(2,5-6-18-8)16-12(17)9-3-4-10(14)11(15)7-9/h3-4,7-8H,5-6H2,1-2H3,(H,16,17). The number of rotatable bonds is 2. The van der Waals surface area contributed by atoms with Gasteiger partial charge in [-0.15, -0.1) is 0 Å². The zero-order valence-electron chi connectivity index (χ0n) is 10.3. The SMILES string of the molecule is CC1OCCC1(C)NC(=O)c1ccc(Br)c(Cl)c1. The Hall–Kier alpha value is -0.580. The van der Waals surface area contributed by atoms with Gasteiger partial charge >= 0.3 is 0 Å². The quantitative estimate of drug-likeness (QED) is 0.901. The zero-order chi connectivity index (χ0) is 13.3. The smallest absolute Gasteiger partial charge is 0.251 e. The molecule has 1 aliphatic heterocycles. The van der Waals surface area contributed by atoms with Crippen molar-refractivity contribution in [1.29, 1.82) is 0 Å². The predicted molar refractivity (Wildman–Crippen MR) is 75.1 cm³/mol. The molecule has 1 saturated heterocycles. The van der Waals surface area contributed by atoms with Crippen LogP contribution in [0.1, 0.15) is 30.6 Å². The van der Waals surface area contributed by atoms with Gasteiger partial charge in [0.2, 0.25) is 0 Å². The number of carbonyl (C=O) groups excluding carboxylic acids is 1. The van der Waals surface area contributed by atoms with Crippen molar-refractivity contribution in [2.75, 3.05) is 6.61 Å². The van der Waals surface area contributed by atoms with E-state index in [9.17, 15) is 4.79 Å². The van der Waals surface area contributed by atoms with E-state index >= 15 is 0 Å². The first-order valence-electron chi connectivity index (χ1n) is 5.81. The van der Waals surface area contributed by atoms with Crippen molar-refractivity contribution in [3.63, 3.8) is 0 Å². The minimum atomic E-state index is -0.309. The first kappa shape index (κ1) is 13.8. The van der Waals surface area contributed by atoms with Crippen molar-refractivity contribution in [3.05, 3.63) is 33.3 Å². The lowest BCUT2D eigenvalue weighted by atomic mass is 9.94. The molecule has 1 aromatic carbocycles. The van der Waals surface area contributed by atoms with Crippen LogP contribution in [0.3, 0.4) is 0 Å². The van der Waals surface area contributed by atoms with Crippen LogP contribution in [0.2, 0.25) is 5.02 Å². The van der Waals surface area contributed by atoms with Crippen molar-refractivity contribution in [2.45, 2.75) is 31.9 Å². The van der Waals surface area contributed by atoms with Gasteiger partial charge < -0.3 is 10.1 Å². The molecular weight excluding hydrogens is 318 g/mol. The Bertz CT molecular complexity index is 480. The third-order valence-electron chi connectivity index (χ3n) is 3.47. The van der Waals surface area contributed by atoms with E-state index in [2.05, 4.69) is 21.2 Å². The summed E-state index contributed by atoms with van der Waals surface area (Å²) in [4.78, 5) is 12.2. The molecule has 5 heteroatoms. The van der Waals surface area contributed by atoms with E-state index < -0.39 is 0 Å². The number of amides is 1. The van der Waals surface area contributed by atoms with Crippen molar-refractivity contribution in [3.8, 4) is 0 Å². The van der Waals surface area contributed by atoms with Crippen molar-refractivity contribution < 1.29 is 9.53 Å². The van der Waals surface area contributed by atoms with Gasteiger partial charge in [-0.1, -0.05) is 11.6 Å². The first-order chi connectivity index (χ1) is 8.42. The summed E-state index contributed by atoms with van der Waals surface area (Å²) in [6.07, 6.45) is 0.844. The molecule has 2 rings (SSSR count). The summed E-state index contributed by atoms with van der Waals surface area (Å²) >= 11 is 9.29. The number of halogens is 2. The molecule has 2 unspecified atom stereocenters. The largest absolute Gasteiger partial charge is 0.376 e. The summed E-state index contributed by atoms with van der Waals surface area (Å²) in [6.45, 7) is 4.66. The Morgan fingerprint density at radius 2 is 2.33 bits per heavy atom. The lowest BCUT2D eigenvalue weighted by molar-refractivity contribution is 0.0727. The molecule has 1 aromatic rings. The molecule has 0 bridgehead atoms. The molecule has 0 aromatic heterocycles. The lowest BCUT2D eigenvalue weighted by Crippen LogP contribution is -2.50. The third kappa shape index (κ3) is 2.71. The highest BCUT2D eigenvalue weighted by atomic mass is 79.9. The maximum absolute atomic E-state index is 12.2. The van der Waals surface area contributed by atoms with E-state index in [1.54, 1.807) is 18.2 Å². The van der Waals surface area contributed by atoms with Gasteiger partial charge in [0.05, 0.1) is 16.7 Å². The molecular formula is C13H15BrClNO2. The van der Waals surface area contributed by atoms with E-state index in [4.69, 9.17) is 16.3 Å². The average Bonchev–Trinajstić information content (AvgIpc) is 2.63. The number of benzene rings is 1. The summed E-state index contributed by atoms with van der Waals surface area (Å²) in [5.41, 5.74) is 0.250. The van der Waals surface area contributed by atoms with Crippen LogP contribution < -0.4 is 5.32 Å². The van der Waals surface area contributed by atoms with E-state index in [1.165, 1.54) is 0 Å². The summed E-state index contributed by atoms with van der Waals surface area (Å²) < 4.78 is 6.28. The zero-order valence-corrected chi connectivity index (χ0v) is 12.6. The fourth-order valence-corrected chi connectivity index (χ4v) is 2.40. The number of carbonyl (C=O) groups is 1. The second kappa shape index (κ2) is 5.19. The maximum atomic E-state index is 12.2. The van der Waals surface area contributed by atoms with Crippen LogP contribution in [-0.4, -0.2) is 24.2 Å². The Labute approximate surface area is 120 Å². The second-order valence-corrected chi connectivity index (χ2v) is 6.03. The van der Waals surface area contributed by atoms with Crippen molar-refractivity contribution >= 4 is 33.4 Å². The van der Waals surface area contributed by atoms with E-state index in [0.29, 0.717) is 17.2 Å². The summed E-state index contributed by atoms with van der Waals surface area (Å²) in [5, 5.41) is 3.56. The Balaban J connectivity index is 2.14. The fraction of sp³-hybridized carbons (Fsp3) is 0.462. The molecule has 1 N–H and O–H groups in total. The molecule has 1 amide bonds. The van der Waals surface area contributed by atoms with Crippen molar-refractivity contribution in [2.24, 2.45) is 0 Å². The van der Waals surface area contributed by atoms with E-state index in [1.807, 2.05) is 13.8 Å². The Kier molecular flexibility index (Phi) is 3.99. The average molecular weight is 333 g/mol. The van der Waals surface area contributed by atoms with E-state index in [-0.39, 0.29) is 17.6 Å². The predicted octanol–water partition coefficient (Wildman–Crippen LogP) is 3.40. The molecule has 18 heavy (non-hydrogen) atoms. The summed E-state index contributed by atoms with van der Waals surface area (Å²) in [5.74, 6) is -0.121. The molecule has 3 nitrogen and oxygen atoms in total. The van der Waals surface area contributed by atoms with Gasteiger partial charge in [0.1, 0.15) is 0 Å². The molecule has 0 radical (unpaired) electrons. The van der Waals surface area contributed by atoms with Gasteiger partial charge in [-0.25, -0.2) is 0 Å². The molecule has 1 aliphatic rings. The van der Waals surface area contributed by atoms with Crippen LogP contribution in [0, 0.1) is 0 Å². The summed E-state index contributed by atoms with van der Waals surface area (Å²) in [6, 6.07) is 5.17. The number of ether oxygens (including phenoxy) is 1. The normalized spacial score (nSPS) is 27.2. The van der Waals surface area contributed by atoms with Crippen LogP contribution in [0.15, 0.2) is 22.7 Å². The number of hydrogen-bond acceptors (Lipinski definition) is 2. The highest BCUT2D eigenvalue weighted by molar-refractivity contribution is 9.10. The third-order valence-corrected chi connectivity index (χ3v) is 4.70. The monoisotopic (exact) mass is 331 g/mol. The Morgan fingerprint density at radius 1 is 1.61 bits per heavy atom. The molecule has 98 valence electrons. The summed E-state index contributed by atoms with van der Waals surface area (Å²) in [7, 11) is 0. The van der Waals surface area contributed by atoms with Crippen LogP contribution in [0.4, 0.5) is 0 Å². The van der Waals surface area contributed by atoms with Crippen LogP contribution in [0.5, 0.6) is 0 Å². The highest BCUT2D eigenvalue weighted by Gasteiger charge is 2.38. The molecule has 0 saturated carbocycles.